The molecule has 0 spiro atoms. The van der Waals surface area contributed by atoms with Crippen LogP contribution < -0.4 is 14.9 Å². The van der Waals surface area contributed by atoms with E-state index in [2.05, 4.69) is 22.0 Å². The Bertz CT molecular complexity index is 561. The third kappa shape index (κ3) is 2.97. The van der Waals surface area contributed by atoms with Crippen LogP contribution in [0.3, 0.4) is 0 Å². The van der Waals surface area contributed by atoms with Crippen molar-refractivity contribution in [2.24, 2.45) is 0 Å². The van der Waals surface area contributed by atoms with E-state index in [4.69, 9.17) is 0 Å². The standard InChI is InChI=1S/C14H21N3O2S/c1-17(13-8-9-15-10-13)12-4-6-14(7-5-12)20(18,19)16-11-2-3-11/h4-7,11,13,15-16H,2-3,8-10H2,1H3. The smallest absolute Gasteiger partial charge is 0.240 e. The highest BCUT2D eigenvalue weighted by molar-refractivity contribution is 7.89. The van der Waals surface area contributed by atoms with E-state index in [0.717, 1.165) is 38.0 Å². The molecule has 1 saturated heterocycles. The SMILES string of the molecule is CN(c1ccc(S(=O)(=O)NC2CC2)cc1)C1CCNC1. The van der Waals surface area contributed by atoms with Crippen LogP contribution in [-0.4, -0.2) is 40.6 Å². The van der Waals surface area contributed by atoms with Gasteiger partial charge < -0.3 is 10.2 Å². The summed E-state index contributed by atoms with van der Waals surface area (Å²) >= 11 is 0. The summed E-state index contributed by atoms with van der Waals surface area (Å²) < 4.78 is 26.9. The van der Waals surface area contributed by atoms with Crippen LogP contribution in [0.5, 0.6) is 0 Å². The van der Waals surface area contributed by atoms with Crippen LogP contribution in [0.2, 0.25) is 0 Å². The van der Waals surface area contributed by atoms with E-state index in [0.29, 0.717) is 10.9 Å². The summed E-state index contributed by atoms with van der Waals surface area (Å²) in [6.07, 6.45) is 3.03. The van der Waals surface area contributed by atoms with Gasteiger partial charge in [0, 0.05) is 31.4 Å². The number of nitrogens with one attached hydrogen (secondary N) is 2. The number of sulfonamides is 1. The topological polar surface area (TPSA) is 61.4 Å². The maximum absolute atomic E-state index is 12.1. The van der Waals surface area contributed by atoms with Crippen molar-refractivity contribution in [3.05, 3.63) is 24.3 Å². The molecule has 2 aliphatic rings. The summed E-state index contributed by atoms with van der Waals surface area (Å²) in [6, 6.07) is 7.80. The molecule has 0 aromatic heterocycles. The van der Waals surface area contributed by atoms with Crippen molar-refractivity contribution in [1.29, 1.82) is 0 Å². The first-order valence-corrected chi connectivity index (χ1v) is 8.60. The number of hydrogen-bond acceptors (Lipinski definition) is 4. The van der Waals surface area contributed by atoms with Gasteiger partial charge in [-0.3, -0.25) is 0 Å². The molecule has 1 aliphatic carbocycles. The molecule has 1 atom stereocenters. The number of likely N-dealkylation sites (N-methyl/N-ethyl adjacent to an activating group) is 1. The molecule has 0 bridgehead atoms. The lowest BCUT2D eigenvalue weighted by Crippen LogP contribution is -2.33. The minimum absolute atomic E-state index is 0.145. The molecule has 3 rings (SSSR count). The van der Waals surface area contributed by atoms with Gasteiger partial charge in [-0.05, 0) is 50.1 Å². The molecule has 5 nitrogen and oxygen atoms in total. The highest BCUT2D eigenvalue weighted by atomic mass is 32.2. The first-order chi connectivity index (χ1) is 9.56. The van der Waals surface area contributed by atoms with Gasteiger partial charge in [0.05, 0.1) is 4.90 Å². The Morgan fingerprint density at radius 1 is 1.20 bits per heavy atom. The van der Waals surface area contributed by atoms with Crippen LogP contribution in [0.15, 0.2) is 29.2 Å². The van der Waals surface area contributed by atoms with Crippen molar-refractivity contribution in [2.75, 3.05) is 25.0 Å². The van der Waals surface area contributed by atoms with E-state index in [9.17, 15) is 8.42 Å². The van der Waals surface area contributed by atoms with Gasteiger partial charge in [0.25, 0.3) is 0 Å². The zero-order valence-corrected chi connectivity index (χ0v) is 12.5. The van der Waals surface area contributed by atoms with Gasteiger partial charge in [0.2, 0.25) is 10.0 Å². The summed E-state index contributed by atoms with van der Waals surface area (Å²) in [5.41, 5.74) is 1.06. The van der Waals surface area contributed by atoms with Gasteiger partial charge in [-0.2, -0.15) is 0 Å². The first-order valence-electron chi connectivity index (χ1n) is 7.12. The molecule has 2 fully saturated rings. The van der Waals surface area contributed by atoms with Crippen molar-refractivity contribution >= 4 is 15.7 Å². The molecule has 2 N–H and O–H groups in total. The predicted octanol–water partition coefficient (Wildman–Crippen LogP) is 0.925. The van der Waals surface area contributed by atoms with E-state index in [1.807, 2.05) is 12.1 Å². The second kappa shape index (κ2) is 5.35. The van der Waals surface area contributed by atoms with Gasteiger partial charge in [-0.15, -0.1) is 0 Å². The highest BCUT2D eigenvalue weighted by Crippen LogP contribution is 2.24. The molecule has 1 aromatic rings. The van der Waals surface area contributed by atoms with Crippen molar-refractivity contribution in [3.8, 4) is 0 Å². The number of rotatable bonds is 5. The zero-order valence-electron chi connectivity index (χ0n) is 11.7. The molecule has 20 heavy (non-hydrogen) atoms. The Labute approximate surface area is 120 Å². The average molecular weight is 295 g/mol. The largest absolute Gasteiger partial charge is 0.370 e. The van der Waals surface area contributed by atoms with Gasteiger partial charge in [-0.25, -0.2) is 13.1 Å². The second-order valence-electron chi connectivity index (χ2n) is 5.65. The molecule has 0 amide bonds. The Balaban J connectivity index is 1.73. The molecule has 1 aliphatic heterocycles. The van der Waals surface area contributed by atoms with Crippen LogP contribution in [0.4, 0.5) is 5.69 Å². The van der Waals surface area contributed by atoms with Crippen LogP contribution in [0.25, 0.3) is 0 Å². The maximum Gasteiger partial charge on any atom is 0.240 e. The number of nitrogens with zero attached hydrogens (tertiary/aromatic N) is 1. The van der Waals surface area contributed by atoms with Crippen LogP contribution in [0.1, 0.15) is 19.3 Å². The van der Waals surface area contributed by atoms with E-state index in [-0.39, 0.29) is 6.04 Å². The Morgan fingerprint density at radius 3 is 2.45 bits per heavy atom. The number of anilines is 1. The van der Waals surface area contributed by atoms with Gasteiger partial charge >= 0.3 is 0 Å². The van der Waals surface area contributed by atoms with E-state index >= 15 is 0 Å². The third-order valence-electron chi connectivity index (χ3n) is 4.04. The minimum atomic E-state index is -3.34. The molecule has 1 heterocycles. The van der Waals surface area contributed by atoms with Crippen LogP contribution in [0, 0.1) is 0 Å². The van der Waals surface area contributed by atoms with Crippen molar-refractivity contribution < 1.29 is 8.42 Å². The lowest BCUT2D eigenvalue weighted by atomic mass is 10.2. The van der Waals surface area contributed by atoms with Crippen LogP contribution >= 0.6 is 0 Å². The number of benzene rings is 1. The number of hydrogen-bond donors (Lipinski definition) is 2. The van der Waals surface area contributed by atoms with Crippen LogP contribution in [-0.2, 0) is 10.0 Å². The lowest BCUT2D eigenvalue weighted by molar-refractivity contribution is 0.581. The fraction of sp³-hybridized carbons (Fsp3) is 0.571. The maximum atomic E-state index is 12.1. The fourth-order valence-corrected chi connectivity index (χ4v) is 3.83. The highest BCUT2D eigenvalue weighted by Gasteiger charge is 2.28. The summed E-state index contributed by atoms with van der Waals surface area (Å²) in [5.74, 6) is 0. The first kappa shape index (κ1) is 13.9. The normalized spacial score (nSPS) is 22.9. The molecule has 110 valence electrons. The molecule has 1 saturated carbocycles. The summed E-state index contributed by atoms with van der Waals surface area (Å²) in [4.78, 5) is 2.57. The Kier molecular flexibility index (Phi) is 3.70. The van der Waals surface area contributed by atoms with E-state index in [1.165, 1.54) is 0 Å². The Hall–Kier alpha value is -1.11. The average Bonchev–Trinajstić information content (AvgIpc) is 3.07. The minimum Gasteiger partial charge on any atom is -0.370 e. The molecular formula is C14H21N3O2S. The van der Waals surface area contributed by atoms with Gasteiger partial charge in [0.15, 0.2) is 0 Å². The second-order valence-corrected chi connectivity index (χ2v) is 7.36. The quantitative estimate of drug-likeness (QED) is 0.848. The molecule has 1 unspecified atom stereocenters. The van der Waals surface area contributed by atoms with E-state index < -0.39 is 10.0 Å². The van der Waals surface area contributed by atoms with Crippen molar-refractivity contribution in [2.45, 2.75) is 36.2 Å². The van der Waals surface area contributed by atoms with Crippen molar-refractivity contribution in [1.82, 2.24) is 10.0 Å². The lowest BCUT2D eigenvalue weighted by Gasteiger charge is -2.26. The zero-order chi connectivity index (χ0) is 14.2. The molecule has 1 aromatic carbocycles. The molecular weight excluding hydrogens is 274 g/mol. The predicted molar refractivity (Wildman–Crippen MR) is 79.5 cm³/mol. The summed E-state index contributed by atoms with van der Waals surface area (Å²) in [5, 5.41) is 3.34. The molecule has 6 heteroatoms. The fourth-order valence-electron chi connectivity index (χ4n) is 2.53. The Morgan fingerprint density at radius 2 is 1.90 bits per heavy atom. The third-order valence-corrected chi connectivity index (χ3v) is 5.57. The van der Waals surface area contributed by atoms with Gasteiger partial charge in [0.1, 0.15) is 0 Å². The summed E-state index contributed by atoms with van der Waals surface area (Å²) in [7, 11) is -1.28. The van der Waals surface area contributed by atoms with Crippen molar-refractivity contribution in [3.63, 3.8) is 0 Å². The monoisotopic (exact) mass is 295 g/mol. The summed E-state index contributed by atoms with van der Waals surface area (Å²) in [6.45, 7) is 2.03. The molecule has 0 radical (unpaired) electrons. The van der Waals surface area contributed by atoms with Gasteiger partial charge in [-0.1, -0.05) is 0 Å². The van der Waals surface area contributed by atoms with E-state index in [1.54, 1.807) is 12.1 Å².